The zero-order chi connectivity index (χ0) is 14.5. The summed E-state index contributed by atoms with van der Waals surface area (Å²) < 4.78 is 6.02. The van der Waals surface area contributed by atoms with E-state index in [1.165, 1.54) is 25.1 Å². The van der Waals surface area contributed by atoms with E-state index >= 15 is 0 Å². The van der Waals surface area contributed by atoms with Gasteiger partial charge in [-0.3, -0.25) is 4.90 Å². The molecule has 1 N–H and O–H groups in total. The standard InChI is InChI=1S/C17H30N2O/c1-5-7-18-10-17-14(3)9-16(20-17)12-19-8-6-13(2)15(4)11-19/h9,13,15,18H,5-8,10-12H2,1-4H3. The molecule has 2 unspecified atom stereocenters. The zero-order valence-corrected chi connectivity index (χ0v) is 13.5. The van der Waals surface area contributed by atoms with E-state index in [2.05, 4.69) is 44.0 Å². The monoisotopic (exact) mass is 278 g/mol. The van der Waals surface area contributed by atoms with Crippen molar-refractivity contribution in [1.82, 2.24) is 10.2 Å². The third-order valence-corrected chi connectivity index (χ3v) is 4.58. The molecule has 20 heavy (non-hydrogen) atoms. The molecule has 0 amide bonds. The van der Waals surface area contributed by atoms with Crippen molar-refractivity contribution in [2.45, 2.75) is 53.6 Å². The van der Waals surface area contributed by atoms with Crippen molar-refractivity contribution in [3.63, 3.8) is 0 Å². The van der Waals surface area contributed by atoms with Gasteiger partial charge in [0.2, 0.25) is 0 Å². The van der Waals surface area contributed by atoms with E-state index in [-0.39, 0.29) is 0 Å². The fourth-order valence-corrected chi connectivity index (χ4v) is 2.94. The summed E-state index contributed by atoms with van der Waals surface area (Å²) in [7, 11) is 0. The molecule has 0 aromatic carbocycles. The summed E-state index contributed by atoms with van der Waals surface area (Å²) in [6, 6.07) is 2.21. The SMILES string of the molecule is CCCNCc1oc(CN2CCC(C)C(C)C2)cc1C. The minimum absolute atomic E-state index is 0.797. The van der Waals surface area contributed by atoms with Crippen molar-refractivity contribution in [2.24, 2.45) is 11.8 Å². The summed E-state index contributed by atoms with van der Waals surface area (Å²) in [5.41, 5.74) is 1.28. The van der Waals surface area contributed by atoms with Gasteiger partial charge in [-0.1, -0.05) is 20.8 Å². The van der Waals surface area contributed by atoms with E-state index in [0.717, 1.165) is 49.4 Å². The lowest BCUT2D eigenvalue weighted by Gasteiger charge is -2.34. The van der Waals surface area contributed by atoms with Crippen LogP contribution in [-0.2, 0) is 13.1 Å². The smallest absolute Gasteiger partial charge is 0.120 e. The van der Waals surface area contributed by atoms with E-state index in [1.807, 2.05) is 0 Å². The highest BCUT2D eigenvalue weighted by Crippen LogP contribution is 2.24. The molecule has 1 aliphatic heterocycles. The summed E-state index contributed by atoms with van der Waals surface area (Å²) in [6.07, 6.45) is 2.47. The van der Waals surface area contributed by atoms with Gasteiger partial charge in [-0.15, -0.1) is 0 Å². The molecule has 0 radical (unpaired) electrons. The molecule has 1 aromatic heterocycles. The number of nitrogens with one attached hydrogen (secondary N) is 1. The fourth-order valence-electron chi connectivity index (χ4n) is 2.94. The minimum atomic E-state index is 0.797. The molecular weight excluding hydrogens is 248 g/mol. The van der Waals surface area contributed by atoms with Crippen LogP contribution < -0.4 is 5.32 Å². The number of hydrogen-bond acceptors (Lipinski definition) is 3. The lowest BCUT2D eigenvalue weighted by atomic mass is 9.89. The Morgan fingerprint density at radius 2 is 2.15 bits per heavy atom. The van der Waals surface area contributed by atoms with Gasteiger partial charge in [0.1, 0.15) is 11.5 Å². The summed E-state index contributed by atoms with van der Waals surface area (Å²) in [5, 5.41) is 3.41. The van der Waals surface area contributed by atoms with Gasteiger partial charge in [0, 0.05) is 6.54 Å². The molecule has 2 rings (SSSR count). The van der Waals surface area contributed by atoms with E-state index in [1.54, 1.807) is 0 Å². The fraction of sp³-hybridized carbons (Fsp3) is 0.765. The molecule has 1 aliphatic rings. The predicted octanol–water partition coefficient (Wildman–Crippen LogP) is 3.57. The minimum Gasteiger partial charge on any atom is -0.463 e. The second kappa shape index (κ2) is 7.28. The molecule has 2 heterocycles. The number of furan rings is 1. The third kappa shape index (κ3) is 4.10. The zero-order valence-electron chi connectivity index (χ0n) is 13.5. The Balaban J connectivity index is 1.88. The van der Waals surface area contributed by atoms with Crippen LogP contribution in [0.4, 0.5) is 0 Å². The second-order valence-corrected chi connectivity index (χ2v) is 6.47. The lowest BCUT2D eigenvalue weighted by molar-refractivity contribution is 0.124. The van der Waals surface area contributed by atoms with Crippen LogP contribution in [0.3, 0.4) is 0 Å². The topological polar surface area (TPSA) is 28.4 Å². The van der Waals surface area contributed by atoms with E-state index < -0.39 is 0 Å². The maximum absolute atomic E-state index is 6.02. The molecule has 3 nitrogen and oxygen atoms in total. The van der Waals surface area contributed by atoms with E-state index in [0.29, 0.717) is 0 Å². The molecule has 3 heteroatoms. The quantitative estimate of drug-likeness (QED) is 0.806. The Morgan fingerprint density at radius 1 is 1.35 bits per heavy atom. The summed E-state index contributed by atoms with van der Waals surface area (Å²) in [5.74, 6) is 3.88. The highest BCUT2D eigenvalue weighted by molar-refractivity contribution is 5.20. The van der Waals surface area contributed by atoms with Crippen LogP contribution in [-0.4, -0.2) is 24.5 Å². The van der Waals surface area contributed by atoms with Crippen LogP contribution in [0.25, 0.3) is 0 Å². The number of rotatable bonds is 6. The van der Waals surface area contributed by atoms with Gasteiger partial charge in [0.15, 0.2) is 0 Å². The summed E-state index contributed by atoms with van der Waals surface area (Å²) in [4.78, 5) is 2.53. The van der Waals surface area contributed by atoms with Crippen LogP contribution in [0.5, 0.6) is 0 Å². The average Bonchev–Trinajstić information content (AvgIpc) is 2.75. The summed E-state index contributed by atoms with van der Waals surface area (Å²) >= 11 is 0. The van der Waals surface area contributed by atoms with Crippen molar-refractivity contribution in [3.05, 3.63) is 23.2 Å². The molecular formula is C17H30N2O. The molecule has 0 saturated carbocycles. The van der Waals surface area contributed by atoms with Crippen molar-refractivity contribution in [3.8, 4) is 0 Å². The predicted molar refractivity (Wildman–Crippen MR) is 83.7 cm³/mol. The largest absolute Gasteiger partial charge is 0.463 e. The van der Waals surface area contributed by atoms with Crippen molar-refractivity contribution in [1.29, 1.82) is 0 Å². The molecule has 0 aliphatic carbocycles. The molecule has 0 bridgehead atoms. The van der Waals surface area contributed by atoms with Crippen molar-refractivity contribution < 1.29 is 4.42 Å². The van der Waals surface area contributed by atoms with Gasteiger partial charge in [-0.25, -0.2) is 0 Å². The summed E-state index contributed by atoms with van der Waals surface area (Å²) in [6.45, 7) is 14.3. The first kappa shape index (κ1) is 15.6. The van der Waals surface area contributed by atoms with Gasteiger partial charge in [0.25, 0.3) is 0 Å². The molecule has 0 spiro atoms. The number of piperidine rings is 1. The molecule has 1 saturated heterocycles. The van der Waals surface area contributed by atoms with Crippen LogP contribution >= 0.6 is 0 Å². The van der Waals surface area contributed by atoms with Crippen molar-refractivity contribution in [2.75, 3.05) is 19.6 Å². The van der Waals surface area contributed by atoms with Crippen LogP contribution in [0.1, 0.15) is 50.7 Å². The Bertz CT molecular complexity index is 413. The maximum Gasteiger partial charge on any atom is 0.120 e. The van der Waals surface area contributed by atoms with E-state index in [4.69, 9.17) is 4.42 Å². The Kier molecular flexibility index (Phi) is 5.67. The number of nitrogens with zero attached hydrogens (tertiary/aromatic N) is 1. The number of hydrogen-bond donors (Lipinski definition) is 1. The molecule has 1 fully saturated rings. The van der Waals surface area contributed by atoms with Gasteiger partial charge in [0.05, 0.1) is 13.1 Å². The molecule has 2 atom stereocenters. The molecule has 1 aromatic rings. The lowest BCUT2D eigenvalue weighted by Crippen LogP contribution is -2.37. The highest BCUT2D eigenvalue weighted by atomic mass is 16.3. The Labute approximate surface area is 123 Å². The van der Waals surface area contributed by atoms with Gasteiger partial charge in [-0.05, 0) is 56.3 Å². The first-order valence-electron chi connectivity index (χ1n) is 8.11. The number of likely N-dealkylation sites (tertiary alicyclic amines) is 1. The average molecular weight is 278 g/mol. The normalized spacial score (nSPS) is 24.2. The Morgan fingerprint density at radius 3 is 2.85 bits per heavy atom. The van der Waals surface area contributed by atoms with Crippen LogP contribution in [0.2, 0.25) is 0 Å². The van der Waals surface area contributed by atoms with E-state index in [9.17, 15) is 0 Å². The van der Waals surface area contributed by atoms with Crippen LogP contribution in [0, 0.1) is 18.8 Å². The van der Waals surface area contributed by atoms with Crippen molar-refractivity contribution >= 4 is 0 Å². The third-order valence-electron chi connectivity index (χ3n) is 4.58. The van der Waals surface area contributed by atoms with Crippen LogP contribution in [0.15, 0.2) is 10.5 Å². The second-order valence-electron chi connectivity index (χ2n) is 6.47. The first-order valence-corrected chi connectivity index (χ1v) is 8.11. The number of aryl methyl sites for hydroxylation is 1. The Hall–Kier alpha value is -0.800. The molecule has 114 valence electrons. The highest BCUT2D eigenvalue weighted by Gasteiger charge is 2.23. The first-order chi connectivity index (χ1) is 9.60. The van der Waals surface area contributed by atoms with Gasteiger partial charge in [-0.2, -0.15) is 0 Å². The maximum atomic E-state index is 6.02. The van der Waals surface area contributed by atoms with Gasteiger partial charge >= 0.3 is 0 Å². The van der Waals surface area contributed by atoms with Gasteiger partial charge < -0.3 is 9.73 Å².